The zero-order valence-electron chi connectivity index (χ0n) is 22.0. The second-order valence-electron chi connectivity index (χ2n) is 10.2. The van der Waals surface area contributed by atoms with Gasteiger partial charge < -0.3 is 24.5 Å². The highest BCUT2D eigenvalue weighted by Crippen LogP contribution is 2.28. The number of hydrogen-bond acceptors (Lipinski definition) is 7. The Bertz CT molecular complexity index is 1270. The van der Waals surface area contributed by atoms with Gasteiger partial charge in [0.25, 0.3) is 0 Å². The maximum Gasteiger partial charge on any atom is 0.240 e. The molecule has 9 heteroatoms. The molecule has 1 amide bonds. The van der Waals surface area contributed by atoms with Crippen molar-refractivity contribution < 1.29 is 19.4 Å². The molecule has 2 heterocycles. The lowest BCUT2D eigenvalue weighted by Gasteiger charge is -2.14. The van der Waals surface area contributed by atoms with E-state index in [2.05, 4.69) is 38.6 Å². The minimum atomic E-state index is -0.606. The number of hydrogen-bond donors (Lipinski definition) is 3. The van der Waals surface area contributed by atoms with Gasteiger partial charge in [0.1, 0.15) is 24.3 Å². The monoisotopic (exact) mass is 519 g/mol. The number of carbonyl (C=O) groups is 1. The second kappa shape index (κ2) is 12.5. The average molecular weight is 520 g/mol. The fourth-order valence-electron chi connectivity index (χ4n) is 4.58. The summed E-state index contributed by atoms with van der Waals surface area (Å²) in [6.07, 6.45) is 4.02. The van der Waals surface area contributed by atoms with Gasteiger partial charge in [0.05, 0.1) is 23.4 Å². The molecule has 5 rings (SSSR count). The van der Waals surface area contributed by atoms with Crippen LogP contribution in [0.1, 0.15) is 42.6 Å². The predicted octanol–water partition coefficient (Wildman–Crippen LogP) is 2.96. The van der Waals surface area contributed by atoms with E-state index in [0.29, 0.717) is 25.9 Å². The van der Waals surface area contributed by atoms with E-state index in [1.54, 1.807) is 0 Å². The van der Waals surface area contributed by atoms with E-state index < -0.39 is 6.10 Å². The van der Waals surface area contributed by atoms with Crippen LogP contribution < -0.4 is 15.5 Å². The number of aryl methyl sites for hydroxylation is 1. The largest absolute Gasteiger partial charge is 0.491 e. The third-order valence-electron chi connectivity index (χ3n) is 7.02. The second-order valence-corrected chi connectivity index (χ2v) is 10.2. The Kier molecular flexibility index (Phi) is 8.68. The number of aliphatic hydroxyl groups is 1. The molecule has 2 aromatic carbocycles. The van der Waals surface area contributed by atoms with E-state index in [9.17, 15) is 9.90 Å². The lowest BCUT2D eigenvalue weighted by Crippen LogP contribution is -2.33. The van der Waals surface area contributed by atoms with Gasteiger partial charge in [-0.1, -0.05) is 18.2 Å². The molecule has 9 nitrogen and oxygen atoms in total. The number of nitrogens with one attached hydrogen (secondary N) is 2. The van der Waals surface area contributed by atoms with Crippen LogP contribution in [-0.2, 0) is 22.5 Å². The fourth-order valence-corrected chi connectivity index (χ4v) is 4.58. The zero-order chi connectivity index (χ0) is 26.3. The molecule has 1 saturated carbocycles. The molecule has 1 aromatic heterocycles. The molecule has 1 aliphatic heterocycles. The number of amides is 1. The summed E-state index contributed by atoms with van der Waals surface area (Å²) < 4.78 is 13.6. The van der Waals surface area contributed by atoms with Gasteiger partial charge in [-0.05, 0) is 61.9 Å². The first-order valence-corrected chi connectivity index (χ1v) is 13.6. The van der Waals surface area contributed by atoms with Crippen LogP contribution in [0.5, 0.6) is 5.75 Å². The fraction of sp³-hybridized carbons (Fsp3) is 0.483. The summed E-state index contributed by atoms with van der Waals surface area (Å²) in [5.74, 6) is 2.44. The number of benzene rings is 2. The van der Waals surface area contributed by atoms with Crippen LogP contribution >= 0.6 is 0 Å². The summed E-state index contributed by atoms with van der Waals surface area (Å²) in [6, 6.07) is 14.1. The molecule has 1 fully saturated rings. The molecule has 1 unspecified atom stereocenters. The summed E-state index contributed by atoms with van der Waals surface area (Å²) in [6.45, 7) is 5.75. The lowest BCUT2D eigenvalue weighted by molar-refractivity contribution is -0.121. The Morgan fingerprint density at radius 1 is 1.18 bits per heavy atom. The van der Waals surface area contributed by atoms with Crippen molar-refractivity contribution in [1.29, 1.82) is 0 Å². The first-order chi connectivity index (χ1) is 18.5. The maximum atomic E-state index is 11.4. The molecular formula is C29H37N5O4. The van der Waals surface area contributed by atoms with Crippen LogP contribution in [0.4, 0.5) is 0 Å². The molecule has 0 radical (unpaired) electrons. The summed E-state index contributed by atoms with van der Waals surface area (Å²) in [4.78, 5) is 16.1. The molecule has 2 aliphatic rings. The van der Waals surface area contributed by atoms with Gasteiger partial charge in [-0.15, -0.1) is 0 Å². The van der Waals surface area contributed by atoms with Gasteiger partial charge in [-0.25, -0.2) is 10.4 Å². The maximum absolute atomic E-state index is 11.4. The van der Waals surface area contributed by atoms with Crippen molar-refractivity contribution in [3.63, 3.8) is 0 Å². The Morgan fingerprint density at radius 2 is 2.03 bits per heavy atom. The lowest BCUT2D eigenvalue weighted by atomic mass is 10.0. The van der Waals surface area contributed by atoms with Crippen LogP contribution in [0.2, 0.25) is 0 Å². The van der Waals surface area contributed by atoms with E-state index in [0.717, 1.165) is 66.0 Å². The highest BCUT2D eigenvalue weighted by atomic mass is 16.5. The van der Waals surface area contributed by atoms with Crippen molar-refractivity contribution in [3.05, 3.63) is 59.4 Å². The van der Waals surface area contributed by atoms with Crippen molar-refractivity contribution in [2.24, 2.45) is 11.0 Å². The number of hydrazone groups is 1. The Hall–Kier alpha value is -3.27. The Morgan fingerprint density at radius 3 is 2.79 bits per heavy atom. The summed E-state index contributed by atoms with van der Waals surface area (Å²) in [5, 5.41) is 17.9. The van der Waals surface area contributed by atoms with Crippen LogP contribution in [0.25, 0.3) is 11.0 Å². The molecule has 3 N–H and O–H groups in total. The molecule has 0 bridgehead atoms. The normalized spacial score (nSPS) is 16.4. The zero-order valence-corrected chi connectivity index (χ0v) is 22.0. The quantitative estimate of drug-likeness (QED) is 0.283. The summed E-state index contributed by atoms with van der Waals surface area (Å²) in [5.41, 5.74) is 7.60. The van der Waals surface area contributed by atoms with Crippen molar-refractivity contribution in [2.45, 2.75) is 51.7 Å². The van der Waals surface area contributed by atoms with Gasteiger partial charge in [0, 0.05) is 44.6 Å². The molecule has 0 saturated heterocycles. The van der Waals surface area contributed by atoms with Gasteiger partial charge in [0.15, 0.2) is 0 Å². The van der Waals surface area contributed by atoms with Gasteiger partial charge in [-0.2, -0.15) is 5.10 Å². The number of imidazole rings is 1. The van der Waals surface area contributed by atoms with E-state index in [4.69, 9.17) is 14.5 Å². The Balaban J connectivity index is 1.02. The van der Waals surface area contributed by atoms with Crippen molar-refractivity contribution in [3.8, 4) is 5.75 Å². The third kappa shape index (κ3) is 7.18. The van der Waals surface area contributed by atoms with Gasteiger partial charge in [-0.3, -0.25) is 4.79 Å². The van der Waals surface area contributed by atoms with Gasteiger partial charge >= 0.3 is 0 Å². The molecule has 0 spiro atoms. The van der Waals surface area contributed by atoms with E-state index in [-0.39, 0.29) is 12.5 Å². The van der Waals surface area contributed by atoms with Crippen molar-refractivity contribution in [2.75, 3.05) is 32.9 Å². The van der Waals surface area contributed by atoms with Crippen LogP contribution in [0, 0.1) is 12.8 Å². The molecule has 3 aromatic rings. The number of aliphatic hydroxyl groups excluding tert-OH is 1. The summed E-state index contributed by atoms with van der Waals surface area (Å²) >= 11 is 0. The molecule has 1 atom stereocenters. The first-order valence-electron chi connectivity index (χ1n) is 13.6. The van der Waals surface area contributed by atoms with Crippen molar-refractivity contribution >= 4 is 22.7 Å². The van der Waals surface area contributed by atoms with Crippen LogP contribution in [0.15, 0.2) is 47.6 Å². The summed E-state index contributed by atoms with van der Waals surface area (Å²) in [7, 11) is 0. The van der Waals surface area contributed by atoms with Crippen molar-refractivity contribution in [1.82, 2.24) is 20.3 Å². The highest BCUT2D eigenvalue weighted by molar-refractivity contribution is 6.05. The molecule has 38 heavy (non-hydrogen) atoms. The van der Waals surface area contributed by atoms with Gasteiger partial charge in [0.2, 0.25) is 5.91 Å². The van der Waals surface area contributed by atoms with Crippen LogP contribution in [0.3, 0.4) is 0 Å². The van der Waals surface area contributed by atoms with E-state index in [1.165, 1.54) is 18.4 Å². The third-order valence-corrected chi connectivity index (χ3v) is 7.02. The van der Waals surface area contributed by atoms with Crippen LogP contribution in [-0.4, -0.2) is 65.3 Å². The number of aromatic nitrogens is 2. The highest BCUT2D eigenvalue weighted by Gasteiger charge is 2.21. The smallest absolute Gasteiger partial charge is 0.240 e. The van der Waals surface area contributed by atoms with E-state index in [1.807, 2.05) is 31.2 Å². The van der Waals surface area contributed by atoms with E-state index >= 15 is 0 Å². The SMILES string of the molecule is Cc1nc2cc(C3=NNC(=O)CC3)ccc2n1CCNCC(O)COc1ccc(CCOCC2CC2)cc1. The number of nitrogens with zero attached hydrogens (tertiary/aromatic N) is 3. The minimum Gasteiger partial charge on any atom is -0.491 e. The molecular weight excluding hydrogens is 482 g/mol. The first kappa shape index (κ1) is 26.3. The number of carbonyl (C=O) groups excluding carboxylic acids is 1. The predicted molar refractivity (Wildman–Crippen MR) is 146 cm³/mol. The minimum absolute atomic E-state index is 0.0476. The topological polar surface area (TPSA) is 110 Å². The number of rotatable bonds is 14. The molecule has 1 aliphatic carbocycles. The number of ether oxygens (including phenoxy) is 2. The molecule has 202 valence electrons. The standard InChI is InChI=1S/C29H37N5O4/c1-20-31-27-16-23(26-9-11-29(36)33-32-26)6-10-28(27)34(20)14-13-30-17-24(35)19-38-25-7-4-21(5-8-25)12-15-37-18-22-2-3-22/h4-8,10,16,22,24,30,35H,2-3,9,11-15,17-19H2,1H3,(H,33,36). The Labute approximate surface area is 223 Å². The average Bonchev–Trinajstić information content (AvgIpc) is 3.70. The number of fused-ring (bicyclic) bond motifs is 1.